The molecule has 134 valence electrons. The predicted molar refractivity (Wildman–Crippen MR) is 95.1 cm³/mol. The molecule has 1 atom stereocenters. The molecule has 1 fully saturated rings. The molecule has 6 heteroatoms. The number of amides is 3. The van der Waals surface area contributed by atoms with Crippen LogP contribution in [0.15, 0.2) is 24.3 Å². The van der Waals surface area contributed by atoms with E-state index in [1.165, 1.54) is 0 Å². The van der Waals surface area contributed by atoms with Crippen LogP contribution < -0.4 is 10.2 Å². The molecule has 3 rings (SSSR count). The van der Waals surface area contributed by atoms with E-state index in [9.17, 15) is 14.4 Å². The molecule has 2 aliphatic heterocycles. The molecular formula is C19H25N3O3. The molecule has 1 saturated heterocycles. The van der Waals surface area contributed by atoms with Crippen LogP contribution in [0.25, 0.3) is 0 Å². The van der Waals surface area contributed by atoms with E-state index < -0.39 is 5.66 Å². The van der Waals surface area contributed by atoms with E-state index in [0.29, 0.717) is 24.1 Å². The summed E-state index contributed by atoms with van der Waals surface area (Å²) in [6, 6.07) is 7.23. The molecule has 0 aliphatic carbocycles. The lowest BCUT2D eigenvalue weighted by molar-refractivity contribution is -0.124. The van der Waals surface area contributed by atoms with E-state index in [2.05, 4.69) is 5.32 Å². The largest absolute Gasteiger partial charge is 0.352 e. The van der Waals surface area contributed by atoms with E-state index in [1.54, 1.807) is 28.0 Å². The Balaban J connectivity index is 1.93. The molecule has 3 amide bonds. The lowest BCUT2D eigenvalue weighted by Gasteiger charge is -2.48. The average molecular weight is 343 g/mol. The minimum Gasteiger partial charge on any atom is -0.352 e. The Hall–Kier alpha value is -2.37. The minimum atomic E-state index is -0.784. The highest BCUT2D eigenvalue weighted by Crippen LogP contribution is 2.43. The molecule has 25 heavy (non-hydrogen) atoms. The zero-order valence-electron chi connectivity index (χ0n) is 15.0. The topological polar surface area (TPSA) is 69.7 Å². The number of para-hydroxylation sites is 1. The van der Waals surface area contributed by atoms with Gasteiger partial charge in [0, 0.05) is 12.5 Å². The predicted octanol–water partition coefficient (Wildman–Crippen LogP) is 2.29. The van der Waals surface area contributed by atoms with Crippen molar-refractivity contribution < 1.29 is 14.4 Å². The lowest BCUT2D eigenvalue weighted by atomic mass is 9.98. The van der Waals surface area contributed by atoms with Gasteiger partial charge in [-0.3, -0.25) is 19.3 Å². The summed E-state index contributed by atoms with van der Waals surface area (Å²) < 4.78 is 0. The summed E-state index contributed by atoms with van der Waals surface area (Å²) in [5.41, 5.74) is 0.341. The van der Waals surface area contributed by atoms with Gasteiger partial charge >= 0.3 is 0 Å². The first-order chi connectivity index (χ1) is 11.9. The average Bonchev–Trinajstić information content (AvgIpc) is 2.92. The highest BCUT2D eigenvalue weighted by molar-refractivity contribution is 6.11. The maximum absolute atomic E-state index is 13.0. The summed E-state index contributed by atoms with van der Waals surface area (Å²) in [5, 5.41) is 2.98. The third kappa shape index (κ3) is 2.79. The van der Waals surface area contributed by atoms with Gasteiger partial charge in [-0.05, 0) is 38.3 Å². The number of nitrogens with zero attached hydrogens (tertiary/aromatic N) is 2. The first-order valence-corrected chi connectivity index (χ1v) is 8.95. The van der Waals surface area contributed by atoms with Crippen LogP contribution in [-0.2, 0) is 9.59 Å². The van der Waals surface area contributed by atoms with Crippen LogP contribution in [0.4, 0.5) is 5.69 Å². The van der Waals surface area contributed by atoms with E-state index in [0.717, 1.165) is 12.8 Å². The first-order valence-electron chi connectivity index (χ1n) is 8.95. The van der Waals surface area contributed by atoms with Crippen LogP contribution in [0.3, 0.4) is 0 Å². The maximum Gasteiger partial charge on any atom is 0.258 e. The van der Waals surface area contributed by atoms with E-state index >= 15 is 0 Å². The van der Waals surface area contributed by atoms with Crippen molar-refractivity contribution in [2.75, 3.05) is 11.4 Å². The van der Waals surface area contributed by atoms with Crippen molar-refractivity contribution in [3.8, 4) is 0 Å². The highest BCUT2D eigenvalue weighted by atomic mass is 16.2. The Kier molecular flexibility index (Phi) is 4.54. The van der Waals surface area contributed by atoms with Crippen LogP contribution >= 0.6 is 0 Å². The van der Waals surface area contributed by atoms with Crippen LogP contribution in [0.1, 0.15) is 56.8 Å². The van der Waals surface area contributed by atoms with Gasteiger partial charge in [-0.1, -0.05) is 26.0 Å². The molecule has 1 aromatic carbocycles. The summed E-state index contributed by atoms with van der Waals surface area (Å²) in [6.45, 7) is 5.88. The van der Waals surface area contributed by atoms with Crippen LogP contribution in [0.2, 0.25) is 0 Å². The Morgan fingerprint density at radius 2 is 1.92 bits per heavy atom. The summed E-state index contributed by atoms with van der Waals surface area (Å²) in [4.78, 5) is 41.3. The zero-order chi connectivity index (χ0) is 18.2. The fourth-order valence-electron chi connectivity index (χ4n) is 3.85. The molecule has 1 N–H and O–H groups in total. The van der Waals surface area contributed by atoms with Crippen molar-refractivity contribution in [1.29, 1.82) is 0 Å². The van der Waals surface area contributed by atoms with E-state index in [4.69, 9.17) is 0 Å². The number of rotatable bonds is 5. The summed E-state index contributed by atoms with van der Waals surface area (Å²) in [5.74, 6) is -0.376. The quantitative estimate of drug-likeness (QED) is 0.892. The molecule has 6 nitrogen and oxygen atoms in total. The van der Waals surface area contributed by atoms with Crippen molar-refractivity contribution in [3.05, 3.63) is 29.8 Å². The van der Waals surface area contributed by atoms with Crippen molar-refractivity contribution in [2.45, 2.75) is 58.2 Å². The van der Waals surface area contributed by atoms with Gasteiger partial charge in [0.15, 0.2) is 0 Å². The fraction of sp³-hybridized carbons (Fsp3) is 0.526. The third-order valence-electron chi connectivity index (χ3n) is 5.40. The molecular weight excluding hydrogens is 318 g/mol. The number of fused-ring (bicyclic) bond motifs is 3. The Morgan fingerprint density at radius 3 is 2.60 bits per heavy atom. The van der Waals surface area contributed by atoms with Gasteiger partial charge in [0.25, 0.3) is 5.91 Å². The molecule has 1 unspecified atom stereocenters. The smallest absolute Gasteiger partial charge is 0.258 e. The van der Waals surface area contributed by atoms with Gasteiger partial charge in [0.2, 0.25) is 11.8 Å². The maximum atomic E-state index is 13.0. The summed E-state index contributed by atoms with van der Waals surface area (Å²) in [7, 11) is 0. The molecule has 2 heterocycles. The molecule has 0 aromatic heterocycles. The fourth-order valence-corrected chi connectivity index (χ4v) is 3.85. The Bertz CT molecular complexity index is 714. The second kappa shape index (κ2) is 6.50. The van der Waals surface area contributed by atoms with Gasteiger partial charge in [-0.25, -0.2) is 0 Å². The van der Waals surface area contributed by atoms with E-state index in [1.807, 2.05) is 26.8 Å². The van der Waals surface area contributed by atoms with Crippen LogP contribution in [0.5, 0.6) is 0 Å². The number of nitrogens with one attached hydrogen (secondary N) is 1. The molecule has 0 radical (unpaired) electrons. The van der Waals surface area contributed by atoms with Gasteiger partial charge in [0.05, 0.1) is 11.3 Å². The number of hydrogen-bond acceptors (Lipinski definition) is 3. The number of carbonyl (C=O) groups excluding carboxylic acids is 3. The number of benzene rings is 1. The number of carbonyl (C=O) groups is 3. The second-order valence-electron chi connectivity index (χ2n) is 6.94. The lowest BCUT2D eigenvalue weighted by Crippen LogP contribution is -2.64. The minimum absolute atomic E-state index is 0.00662. The Morgan fingerprint density at radius 1 is 1.24 bits per heavy atom. The molecule has 0 bridgehead atoms. The van der Waals surface area contributed by atoms with Crippen molar-refractivity contribution >= 4 is 23.4 Å². The van der Waals surface area contributed by atoms with Crippen molar-refractivity contribution in [1.82, 2.24) is 10.2 Å². The van der Waals surface area contributed by atoms with Gasteiger partial charge in [-0.2, -0.15) is 0 Å². The number of anilines is 1. The second-order valence-corrected chi connectivity index (χ2v) is 6.94. The monoisotopic (exact) mass is 343 g/mol. The van der Waals surface area contributed by atoms with Crippen LogP contribution in [-0.4, -0.2) is 40.9 Å². The zero-order valence-corrected chi connectivity index (χ0v) is 15.0. The number of hydrogen-bond donors (Lipinski definition) is 1. The SMILES string of the molecule is CCC(CC)NC(=O)CN1C(=O)c2ccccc2N2C(=O)CCC12C. The standard InChI is InChI=1S/C19H25N3O3/c1-4-13(5-2)20-16(23)12-21-18(25)14-8-6-7-9-15(14)22-17(24)10-11-19(21,22)3/h6-9,13H,4-5,10-12H2,1-3H3,(H,20,23). The van der Waals surface area contributed by atoms with Gasteiger partial charge in [-0.15, -0.1) is 0 Å². The van der Waals surface area contributed by atoms with Crippen molar-refractivity contribution in [3.63, 3.8) is 0 Å². The van der Waals surface area contributed by atoms with E-state index in [-0.39, 0.29) is 30.3 Å². The third-order valence-corrected chi connectivity index (χ3v) is 5.40. The molecule has 0 saturated carbocycles. The summed E-state index contributed by atoms with van der Waals surface area (Å²) >= 11 is 0. The summed E-state index contributed by atoms with van der Waals surface area (Å²) in [6.07, 6.45) is 2.61. The highest BCUT2D eigenvalue weighted by Gasteiger charge is 2.53. The molecule has 0 spiro atoms. The van der Waals surface area contributed by atoms with Gasteiger partial charge < -0.3 is 10.2 Å². The van der Waals surface area contributed by atoms with Gasteiger partial charge in [0.1, 0.15) is 12.2 Å². The normalized spacial score (nSPS) is 22.2. The molecule has 1 aromatic rings. The molecule has 2 aliphatic rings. The van der Waals surface area contributed by atoms with Crippen molar-refractivity contribution in [2.24, 2.45) is 0 Å². The first kappa shape index (κ1) is 17.5. The Labute approximate surface area is 148 Å². The van der Waals surface area contributed by atoms with Crippen LogP contribution in [0, 0.1) is 0 Å².